The third-order valence-electron chi connectivity index (χ3n) is 3.80. The van der Waals surface area contributed by atoms with Crippen LogP contribution >= 0.6 is 0 Å². The first-order valence-electron chi connectivity index (χ1n) is 6.98. The van der Waals surface area contributed by atoms with Gasteiger partial charge < -0.3 is 15.4 Å². The second kappa shape index (κ2) is 6.09. The van der Waals surface area contributed by atoms with Gasteiger partial charge in [-0.15, -0.1) is 0 Å². The van der Waals surface area contributed by atoms with Crippen LogP contribution in [0.2, 0.25) is 0 Å². The van der Waals surface area contributed by atoms with Gasteiger partial charge in [-0.1, -0.05) is 19.1 Å². The zero-order valence-electron chi connectivity index (χ0n) is 12.2. The summed E-state index contributed by atoms with van der Waals surface area (Å²) in [6.07, 6.45) is 2.25. The average molecular weight is 274 g/mol. The van der Waals surface area contributed by atoms with Crippen molar-refractivity contribution in [3.8, 4) is 0 Å². The molecule has 0 radical (unpaired) electrons. The number of amides is 1. The maximum atomic E-state index is 12.0. The Hall–Kier alpha value is -1.81. The van der Waals surface area contributed by atoms with Crippen LogP contribution in [-0.4, -0.2) is 28.6 Å². The molecule has 2 unspecified atom stereocenters. The SMILES string of the molecule is Cc1ccc2c(CC(=O)NC(C)C(C)CO)c[nH]c2c1. The van der Waals surface area contributed by atoms with Gasteiger partial charge in [-0.05, 0) is 37.0 Å². The monoisotopic (exact) mass is 274 g/mol. The van der Waals surface area contributed by atoms with Crippen LogP contribution in [0.15, 0.2) is 24.4 Å². The number of hydrogen-bond donors (Lipinski definition) is 3. The van der Waals surface area contributed by atoms with E-state index in [1.165, 1.54) is 5.56 Å². The van der Waals surface area contributed by atoms with Gasteiger partial charge >= 0.3 is 0 Å². The molecule has 1 aromatic carbocycles. The quantitative estimate of drug-likeness (QED) is 0.782. The summed E-state index contributed by atoms with van der Waals surface area (Å²) in [5.74, 6) is 0.0452. The third-order valence-corrected chi connectivity index (χ3v) is 3.80. The predicted octanol–water partition coefficient (Wildman–Crippen LogP) is 2.15. The Morgan fingerprint density at radius 2 is 2.15 bits per heavy atom. The van der Waals surface area contributed by atoms with E-state index >= 15 is 0 Å². The molecule has 0 aliphatic heterocycles. The fourth-order valence-electron chi connectivity index (χ4n) is 2.22. The number of rotatable bonds is 5. The minimum atomic E-state index is -0.0278. The first kappa shape index (κ1) is 14.6. The minimum Gasteiger partial charge on any atom is -0.396 e. The lowest BCUT2D eigenvalue weighted by Gasteiger charge is -2.19. The van der Waals surface area contributed by atoms with E-state index in [9.17, 15) is 4.79 Å². The Balaban J connectivity index is 2.07. The molecular weight excluding hydrogens is 252 g/mol. The van der Waals surface area contributed by atoms with E-state index in [0.29, 0.717) is 6.42 Å². The summed E-state index contributed by atoms with van der Waals surface area (Å²) in [6.45, 7) is 5.95. The molecule has 20 heavy (non-hydrogen) atoms. The largest absolute Gasteiger partial charge is 0.396 e. The summed E-state index contributed by atoms with van der Waals surface area (Å²) in [4.78, 5) is 15.2. The summed E-state index contributed by atoms with van der Waals surface area (Å²) in [5, 5.41) is 13.1. The number of aliphatic hydroxyl groups is 1. The highest BCUT2D eigenvalue weighted by Crippen LogP contribution is 2.20. The van der Waals surface area contributed by atoms with Crippen LogP contribution in [0.1, 0.15) is 25.0 Å². The molecular formula is C16H22N2O2. The number of aryl methyl sites for hydroxylation is 1. The van der Waals surface area contributed by atoms with Crippen molar-refractivity contribution in [2.75, 3.05) is 6.61 Å². The van der Waals surface area contributed by atoms with Crippen molar-refractivity contribution in [2.45, 2.75) is 33.2 Å². The van der Waals surface area contributed by atoms with E-state index in [4.69, 9.17) is 5.11 Å². The first-order valence-corrected chi connectivity index (χ1v) is 6.98. The zero-order valence-corrected chi connectivity index (χ0v) is 12.2. The van der Waals surface area contributed by atoms with Gasteiger partial charge in [0.25, 0.3) is 0 Å². The molecule has 4 heteroatoms. The van der Waals surface area contributed by atoms with Gasteiger partial charge in [-0.2, -0.15) is 0 Å². The highest BCUT2D eigenvalue weighted by atomic mass is 16.3. The fourth-order valence-corrected chi connectivity index (χ4v) is 2.22. The molecule has 3 N–H and O–H groups in total. The molecule has 2 rings (SSSR count). The van der Waals surface area contributed by atoms with Crippen molar-refractivity contribution < 1.29 is 9.90 Å². The van der Waals surface area contributed by atoms with Crippen LogP contribution in [0.5, 0.6) is 0 Å². The van der Waals surface area contributed by atoms with E-state index in [-0.39, 0.29) is 24.5 Å². The lowest BCUT2D eigenvalue weighted by molar-refractivity contribution is -0.121. The van der Waals surface area contributed by atoms with Crippen LogP contribution < -0.4 is 5.32 Å². The number of H-pyrrole nitrogens is 1. The number of aromatic nitrogens is 1. The average Bonchev–Trinajstić information content (AvgIpc) is 2.79. The lowest BCUT2D eigenvalue weighted by Crippen LogP contribution is -2.39. The fraction of sp³-hybridized carbons (Fsp3) is 0.438. The summed E-state index contributed by atoms with van der Waals surface area (Å²) in [6, 6.07) is 6.14. The van der Waals surface area contributed by atoms with Gasteiger partial charge in [0.15, 0.2) is 0 Å². The third kappa shape index (κ3) is 3.20. The minimum absolute atomic E-state index is 0.0146. The second-order valence-corrected chi connectivity index (χ2v) is 5.56. The lowest BCUT2D eigenvalue weighted by atomic mass is 10.0. The van der Waals surface area contributed by atoms with Crippen molar-refractivity contribution in [3.05, 3.63) is 35.5 Å². The van der Waals surface area contributed by atoms with E-state index in [2.05, 4.69) is 16.4 Å². The molecule has 0 aliphatic rings. The van der Waals surface area contributed by atoms with Crippen molar-refractivity contribution in [3.63, 3.8) is 0 Å². The molecule has 4 nitrogen and oxygen atoms in total. The van der Waals surface area contributed by atoms with E-state index in [0.717, 1.165) is 16.5 Å². The standard InChI is InChI=1S/C16H22N2O2/c1-10-4-5-14-13(8-17-15(14)6-10)7-16(20)18-12(3)11(2)9-19/h4-6,8,11-12,17,19H,7,9H2,1-3H3,(H,18,20). The van der Waals surface area contributed by atoms with Crippen LogP contribution in [0.3, 0.4) is 0 Å². The van der Waals surface area contributed by atoms with Gasteiger partial charge in [0.1, 0.15) is 0 Å². The van der Waals surface area contributed by atoms with E-state index in [1.54, 1.807) is 0 Å². The molecule has 2 aromatic rings. The Morgan fingerprint density at radius 1 is 1.40 bits per heavy atom. The van der Waals surface area contributed by atoms with Crippen molar-refractivity contribution in [2.24, 2.45) is 5.92 Å². The molecule has 1 amide bonds. The highest BCUT2D eigenvalue weighted by Gasteiger charge is 2.15. The van der Waals surface area contributed by atoms with Gasteiger partial charge in [0, 0.05) is 29.7 Å². The highest BCUT2D eigenvalue weighted by molar-refractivity contribution is 5.89. The van der Waals surface area contributed by atoms with Gasteiger partial charge in [-0.3, -0.25) is 4.79 Å². The molecule has 108 valence electrons. The Labute approximate surface area is 119 Å². The van der Waals surface area contributed by atoms with Crippen molar-refractivity contribution >= 4 is 16.8 Å². The Bertz CT molecular complexity index is 604. The molecule has 0 spiro atoms. The molecule has 0 saturated heterocycles. The van der Waals surface area contributed by atoms with Gasteiger partial charge in [0.05, 0.1) is 6.42 Å². The summed E-state index contributed by atoms with van der Waals surface area (Å²) in [5.41, 5.74) is 3.26. The van der Waals surface area contributed by atoms with Crippen LogP contribution in [0, 0.1) is 12.8 Å². The molecule has 0 fully saturated rings. The number of hydrogen-bond acceptors (Lipinski definition) is 2. The maximum Gasteiger partial charge on any atom is 0.224 e. The number of nitrogens with one attached hydrogen (secondary N) is 2. The van der Waals surface area contributed by atoms with E-state index < -0.39 is 0 Å². The molecule has 0 bridgehead atoms. The van der Waals surface area contributed by atoms with Crippen molar-refractivity contribution in [1.29, 1.82) is 0 Å². The number of aliphatic hydroxyl groups excluding tert-OH is 1. The normalized spacial score (nSPS) is 14.2. The molecule has 1 aromatic heterocycles. The first-order chi connectivity index (χ1) is 9.51. The van der Waals surface area contributed by atoms with Gasteiger partial charge in [-0.25, -0.2) is 0 Å². The van der Waals surface area contributed by atoms with Crippen LogP contribution in [0.25, 0.3) is 10.9 Å². The predicted molar refractivity (Wildman–Crippen MR) is 80.6 cm³/mol. The van der Waals surface area contributed by atoms with Gasteiger partial charge in [0.2, 0.25) is 5.91 Å². The number of benzene rings is 1. The number of aromatic amines is 1. The summed E-state index contributed by atoms with van der Waals surface area (Å²) in [7, 11) is 0. The smallest absolute Gasteiger partial charge is 0.224 e. The number of carbonyl (C=O) groups is 1. The molecule has 0 saturated carbocycles. The van der Waals surface area contributed by atoms with Crippen LogP contribution in [0.4, 0.5) is 0 Å². The summed E-state index contributed by atoms with van der Waals surface area (Å²) < 4.78 is 0. The Morgan fingerprint density at radius 3 is 2.85 bits per heavy atom. The molecule has 1 heterocycles. The zero-order chi connectivity index (χ0) is 14.7. The Kier molecular flexibility index (Phi) is 4.45. The number of fused-ring (bicyclic) bond motifs is 1. The van der Waals surface area contributed by atoms with E-state index in [1.807, 2.05) is 39.1 Å². The molecule has 0 aliphatic carbocycles. The number of carbonyl (C=O) groups excluding carboxylic acids is 1. The maximum absolute atomic E-state index is 12.0. The second-order valence-electron chi connectivity index (χ2n) is 5.56. The molecule has 2 atom stereocenters. The van der Waals surface area contributed by atoms with Crippen molar-refractivity contribution in [1.82, 2.24) is 10.3 Å². The summed E-state index contributed by atoms with van der Waals surface area (Å²) >= 11 is 0. The van der Waals surface area contributed by atoms with Crippen LogP contribution in [-0.2, 0) is 11.2 Å². The topological polar surface area (TPSA) is 65.1 Å².